The summed E-state index contributed by atoms with van der Waals surface area (Å²) in [4.78, 5) is 50.0. The number of anilines is 2. The Morgan fingerprint density at radius 1 is 1.10 bits per heavy atom. The third kappa shape index (κ3) is 4.71. The van der Waals surface area contributed by atoms with Crippen LogP contribution in [0.2, 0.25) is 0 Å². The van der Waals surface area contributed by atoms with Gasteiger partial charge in [-0.2, -0.15) is 0 Å². The predicted molar refractivity (Wildman–Crippen MR) is 116 cm³/mol. The molecule has 2 aromatic rings. The highest BCUT2D eigenvalue weighted by molar-refractivity contribution is 8.01. The van der Waals surface area contributed by atoms with Crippen molar-refractivity contribution < 1.29 is 23.9 Å². The third-order valence-corrected chi connectivity index (χ3v) is 6.06. The molecular weight excluding hydrogens is 404 g/mol. The summed E-state index contributed by atoms with van der Waals surface area (Å²) in [6.45, 7) is 3.96. The van der Waals surface area contributed by atoms with Crippen LogP contribution in [-0.4, -0.2) is 41.8 Å². The van der Waals surface area contributed by atoms with E-state index >= 15 is 0 Å². The number of nitrogens with zero attached hydrogens (tertiary/aromatic N) is 1. The number of benzene rings is 2. The molecule has 3 rings (SSSR count). The molecule has 8 heteroatoms. The number of hydrogen-bond donors (Lipinski definition) is 1. The molecule has 7 nitrogen and oxygen atoms in total. The smallest absolute Gasteiger partial charge is 0.337 e. The number of hydrogen-bond acceptors (Lipinski definition) is 6. The Morgan fingerprint density at radius 3 is 2.43 bits per heavy atom. The molecule has 0 unspecified atom stereocenters. The van der Waals surface area contributed by atoms with Crippen LogP contribution in [0.5, 0.6) is 0 Å². The summed E-state index contributed by atoms with van der Waals surface area (Å²) in [5, 5.41) is 2.19. The van der Waals surface area contributed by atoms with Gasteiger partial charge < -0.3 is 10.1 Å². The summed E-state index contributed by atoms with van der Waals surface area (Å²) in [6.07, 6.45) is 0.0270. The van der Waals surface area contributed by atoms with Crippen molar-refractivity contribution in [2.45, 2.75) is 25.5 Å². The van der Waals surface area contributed by atoms with E-state index < -0.39 is 11.2 Å². The highest BCUT2D eigenvalue weighted by Crippen LogP contribution is 2.30. The van der Waals surface area contributed by atoms with Crippen molar-refractivity contribution in [3.05, 3.63) is 59.2 Å². The van der Waals surface area contributed by atoms with Crippen LogP contribution >= 0.6 is 11.8 Å². The quantitative estimate of drug-likeness (QED) is 0.564. The van der Waals surface area contributed by atoms with E-state index in [-0.39, 0.29) is 29.9 Å². The lowest BCUT2D eigenvalue weighted by Gasteiger charge is -2.15. The number of carbonyl (C=O) groups excluding carboxylic acids is 4. The van der Waals surface area contributed by atoms with E-state index in [1.807, 2.05) is 32.0 Å². The van der Waals surface area contributed by atoms with Gasteiger partial charge in [0.05, 0.1) is 29.4 Å². The first-order valence-electron chi connectivity index (χ1n) is 9.34. The van der Waals surface area contributed by atoms with Crippen LogP contribution < -0.4 is 10.2 Å². The van der Waals surface area contributed by atoms with E-state index in [1.54, 1.807) is 0 Å². The van der Waals surface area contributed by atoms with Gasteiger partial charge in [-0.3, -0.25) is 14.4 Å². The molecule has 0 aromatic heterocycles. The Kier molecular flexibility index (Phi) is 6.56. The van der Waals surface area contributed by atoms with Gasteiger partial charge in [0.1, 0.15) is 0 Å². The van der Waals surface area contributed by atoms with E-state index in [0.29, 0.717) is 16.9 Å². The molecule has 1 fully saturated rings. The van der Waals surface area contributed by atoms with Gasteiger partial charge in [0.25, 0.3) is 0 Å². The Balaban J connectivity index is 1.59. The Bertz CT molecular complexity index is 1000. The minimum absolute atomic E-state index is 0.0270. The number of carbonyl (C=O) groups is 4. The number of esters is 1. The lowest BCUT2D eigenvalue weighted by atomic mass is 10.1. The van der Waals surface area contributed by atoms with E-state index in [9.17, 15) is 19.2 Å². The molecule has 0 spiro atoms. The maximum Gasteiger partial charge on any atom is 0.337 e. The fourth-order valence-electron chi connectivity index (χ4n) is 3.06. The number of thioether (sulfide) groups is 1. The van der Waals surface area contributed by atoms with Crippen LogP contribution in [0.15, 0.2) is 42.5 Å². The number of methoxy groups -OCH3 is 1. The normalized spacial score (nSPS) is 16.0. The van der Waals surface area contributed by atoms with Gasteiger partial charge in [0.2, 0.25) is 17.7 Å². The SMILES string of the molecule is COC(=O)c1ccc(N2C(=O)C[C@H](SCC(=O)Nc3ccc(C)c(C)c3)C2=O)cc1. The molecule has 1 aliphatic heterocycles. The van der Waals surface area contributed by atoms with Crippen LogP contribution in [0, 0.1) is 13.8 Å². The largest absolute Gasteiger partial charge is 0.465 e. The summed E-state index contributed by atoms with van der Waals surface area (Å²) >= 11 is 1.14. The first-order chi connectivity index (χ1) is 14.3. The third-order valence-electron chi connectivity index (χ3n) is 4.86. The molecule has 1 atom stereocenters. The van der Waals surface area contributed by atoms with Gasteiger partial charge in [-0.05, 0) is 61.4 Å². The van der Waals surface area contributed by atoms with Crippen molar-refractivity contribution in [2.75, 3.05) is 23.1 Å². The Hall–Kier alpha value is -3.13. The minimum atomic E-state index is -0.622. The van der Waals surface area contributed by atoms with Crippen molar-refractivity contribution >= 4 is 46.8 Å². The summed E-state index contributed by atoms with van der Waals surface area (Å²) in [5.41, 5.74) is 3.63. The van der Waals surface area contributed by atoms with Crippen LogP contribution in [0.25, 0.3) is 0 Å². The molecule has 30 heavy (non-hydrogen) atoms. The van der Waals surface area contributed by atoms with Gasteiger partial charge in [0, 0.05) is 12.1 Å². The van der Waals surface area contributed by atoms with E-state index in [4.69, 9.17) is 0 Å². The minimum Gasteiger partial charge on any atom is -0.465 e. The highest BCUT2D eigenvalue weighted by atomic mass is 32.2. The van der Waals surface area contributed by atoms with Crippen LogP contribution in [0.4, 0.5) is 11.4 Å². The zero-order valence-corrected chi connectivity index (χ0v) is 17.7. The number of rotatable bonds is 6. The van der Waals surface area contributed by atoms with Gasteiger partial charge in [-0.1, -0.05) is 6.07 Å². The van der Waals surface area contributed by atoms with Crippen molar-refractivity contribution in [3.63, 3.8) is 0 Å². The maximum absolute atomic E-state index is 12.7. The maximum atomic E-state index is 12.7. The molecule has 156 valence electrons. The number of aryl methyl sites for hydroxylation is 2. The topological polar surface area (TPSA) is 92.8 Å². The average molecular weight is 426 g/mol. The molecule has 0 radical (unpaired) electrons. The van der Waals surface area contributed by atoms with Gasteiger partial charge in [0.15, 0.2) is 0 Å². The lowest BCUT2D eigenvalue weighted by Crippen LogP contribution is -2.31. The Labute approximate surface area is 178 Å². The summed E-state index contributed by atoms with van der Waals surface area (Å²) in [7, 11) is 1.28. The highest BCUT2D eigenvalue weighted by Gasteiger charge is 2.40. The summed E-state index contributed by atoms with van der Waals surface area (Å²) < 4.78 is 4.64. The van der Waals surface area contributed by atoms with Crippen LogP contribution in [-0.2, 0) is 19.1 Å². The fourth-order valence-corrected chi connectivity index (χ4v) is 4.00. The zero-order valence-electron chi connectivity index (χ0n) is 16.9. The number of imide groups is 1. The molecule has 2 aromatic carbocycles. The van der Waals surface area contributed by atoms with Crippen molar-refractivity contribution in [1.82, 2.24) is 0 Å². The summed E-state index contributed by atoms with van der Waals surface area (Å²) in [5.74, 6) is -1.37. The molecule has 1 N–H and O–H groups in total. The second-order valence-corrected chi connectivity index (χ2v) is 8.15. The average Bonchev–Trinajstić information content (AvgIpc) is 3.02. The van der Waals surface area contributed by atoms with Crippen LogP contribution in [0.3, 0.4) is 0 Å². The second-order valence-electron chi connectivity index (χ2n) is 6.96. The first kappa shape index (κ1) is 21.6. The second kappa shape index (κ2) is 9.13. The number of amides is 3. The molecule has 1 saturated heterocycles. The fraction of sp³-hybridized carbons (Fsp3) is 0.273. The number of nitrogens with one attached hydrogen (secondary N) is 1. The van der Waals surface area contributed by atoms with Crippen molar-refractivity contribution in [3.8, 4) is 0 Å². The standard InChI is InChI=1S/C22H22N2O5S/c1-13-4-7-16(10-14(13)2)23-19(25)12-30-18-11-20(26)24(21(18)27)17-8-5-15(6-9-17)22(28)29-3/h4-10,18H,11-12H2,1-3H3,(H,23,25)/t18-/m0/s1. The van der Waals surface area contributed by atoms with Crippen LogP contribution in [0.1, 0.15) is 27.9 Å². The van der Waals surface area contributed by atoms with Gasteiger partial charge in [-0.25, -0.2) is 9.69 Å². The monoisotopic (exact) mass is 426 g/mol. The van der Waals surface area contributed by atoms with E-state index in [0.717, 1.165) is 27.8 Å². The predicted octanol–water partition coefficient (Wildman–Crippen LogP) is 3.09. The summed E-state index contributed by atoms with van der Waals surface area (Å²) in [6, 6.07) is 11.7. The zero-order chi connectivity index (χ0) is 21.8. The Morgan fingerprint density at radius 2 is 1.80 bits per heavy atom. The molecular formula is C22H22N2O5S. The van der Waals surface area contributed by atoms with Crippen molar-refractivity contribution in [2.24, 2.45) is 0 Å². The van der Waals surface area contributed by atoms with E-state index in [1.165, 1.54) is 31.4 Å². The molecule has 0 saturated carbocycles. The van der Waals surface area contributed by atoms with Gasteiger partial charge >= 0.3 is 5.97 Å². The first-order valence-corrected chi connectivity index (χ1v) is 10.4. The number of ether oxygens (including phenoxy) is 1. The molecule has 1 heterocycles. The molecule has 0 aliphatic carbocycles. The van der Waals surface area contributed by atoms with E-state index in [2.05, 4.69) is 10.1 Å². The lowest BCUT2D eigenvalue weighted by molar-refractivity contribution is -0.121. The van der Waals surface area contributed by atoms with Gasteiger partial charge in [-0.15, -0.1) is 11.8 Å². The van der Waals surface area contributed by atoms with Crippen molar-refractivity contribution in [1.29, 1.82) is 0 Å². The molecule has 0 bridgehead atoms. The molecule has 1 aliphatic rings. The molecule has 3 amide bonds.